The molecule has 0 aliphatic heterocycles. The molecule has 2 aromatic rings. The predicted octanol–water partition coefficient (Wildman–Crippen LogP) is 1.68. The van der Waals surface area contributed by atoms with Crippen LogP contribution in [0.25, 0.3) is 0 Å². The van der Waals surface area contributed by atoms with Gasteiger partial charge in [-0.3, -0.25) is 4.79 Å². The van der Waals surface area contributed by atoms with Crippen molar-refractivity contribution in [2.24, 2.45) is 0 Å². The first-order valence-corrected chi connectivity index (χ1v) is 4.76. The quantitative estimate of drug-likeness (QED) is 0.805. The number of hydrogen-bond acceptors (Lipinski definition) is 5. The first-order valence-electron chi connectivity index (χ1n) is 4.38. The minimum atomic E-state index is -0.353. The van der Waals surface area contributed by atoms with Crippen LogP contribution in [0.5, 0.6) is 0 Å². The van der Waals surface area contributed by atoms with Crippen LogP contribution in [0.4, 0.5) is 5.82 Å². The average Bonchev–Trinajstić information content (AvgIpc) is 2.64. The van der Waals surface area contributed by atoms with Crippen molar-refractivity contribution in [2.45, 2.75) is 6.92 Å². The van der Waals surface area contributed by atoms with Crippen molar-refractivity contribution in [3.05, 3.63) is 35.1 Å². The van der Waals surface area contributed by atoms with Crippen LogP contribution in [0, 0.1) is 6.92 Å². The molecule has 0 unspecified atom stereocenters. The van der Waals surface area contributed by atoms with Gasteiger partial charge in [0.1, 0.15) is 17.1 Å². The number of nitrogens with one attached hydrogen (secondary N) is 1. The maximum atomic E-state index is 11.7. The normalized spacial score (nSPS) is 10.1. The van der Waals surface area contributed by atoms with Gasteiger partial charge in [0.05, 0.1) is 6.20 Å². The lowest BCUT2D eigenvalue weighted by Gasteiger charge is -2.01. The van der Waals surface area contributed by atoms with Crippen LogP contribution in [-0.4, -0.2) is 21.0 Å². The van der Waals surface area contributed by atoms with E-state index in [0.29, 0.717) is 17.1 Å². The first kappa shape index (κ1) is 10.6. The minimum absolute atomic E-state index is 0.0693. The molecule has 0 aliphatic carbocycles. The molecule has 16 heavy (non-hydrogen) atoms. The summed E-state index contributed by atoms with van der Waals surface area (Å²) in [6.07, 6.45) is 2.79. The van der Waals surface area contributed by atoms with E-state index in [1.807, 2.05) is 0 Å². The van der Waals surface area contributed by atoms with E-state index >= 15 is 0 Å². The van der Waals surface area contributed by atoms with Gasteiger partial charge in [0.15, 0.2) is 0 Å². The Morgan fingerprint density at radius 1 is 1.56 bits per heavy atom. The fraction of sp³-hybridized carbons (Fsp3) is 0.111. The standard InChI is InChI=1S/C9H7ClN4O2/c1-5-6(4-12-16-5)8(15)13-7-2-3-11-9(10)14-7/h2-4H,1H3,(H,11,13,14,15). The number of hydrogen-bond donors (Lipinski definition) is 1. The van der Waals surface area contributed by atoms with Crippen molar-refractivity contribution in [2.75, 3.05) is 5.32 Å². The third kappa shape index (κ3) is 2.17. The summed E-state index contributed by atoms with van der Waals surface area (Å²) >= 11 is 5.58. The number of aromatic nitrogens is 3. The molecule has 1 amide bonds. The van der Waals surface area contributed by atoms with Crippen LogP contribution in [0.2, 0.25) is 5.28 Å². The van der Waals surface area contributed by atoms with E-state index in [-0.39, 0.29) is 11.2 Å². The van der Waals surface area contributed by atoms with Gasteiger partial charge in [0, 0.05) is 6.20 Å². The number of carbonyl (C=O) groups excluding carboxylic acids is 1. The van der Waals surface area contributed by atoms with Crippen LogP contribution in [0.1, 0.15) is 16.1 Å². The van der Waals surface area contributed by atoms with E-state index < -0.39 is 0 Å². The Labute approximate surface area is 95.6 Å². The fourth-order valence-corrected chi connectivity index (χ4v) is 1.25. The van der Waals surface area contributed by atoms with Gasteiger partial charge in [-0.1, -0.05) is 5.16 Å². The molecule has 0 saturated heterocycles. The summed E-state index contributed by atoms with van der Waals surface area (Å²) in [4.78, 5) is 19.2. The fourth-order valence-electron chi connectivity index (χ4n) is 1.10. The molecule has 0 saturated carbocycles. The van der Waals surface area contributed by atoms with Gasteiger partial charge in [0.25, 0.3) is 5.91 Å². The minimum Gasteiger partial charge on any atom is -0.361 e. The smallest absolute Gasteiger partial charge is 0.262 e. The van der Waals surface area contributed by atoms with Gasteiger partial charge in [-0.25, -0.2) is 9.97 Å². The zero-order valence-electron chi connectivity index (χ0n) is 8.27. The predicted molar refractivity (Wildman–Crippen MR) is 56.2 cm³/mol. The molecule has 0 radical (unpaired) electrons. The Bertz CT molecular complexity index is 526. The van der Waals surface area contributed by atoms with Gasteiger partial charge >= 0.3 is 0 Å². The molecule has 7 heteroatoms. The van der Waals surface area contributed by atoms with Gasteiger partial charge in [-0.15, -0.1) is 0 Å². The second-order valence-corrected chi connectivity index (χ2v) is 3.30. The topological polar surface area (TPSA) is 80.9 Å². The Hall–Kier alpha value is -1.95. The summed E-state index contributed by atoms with van der Waals surface area (Å²) < 4.78 is 4.78. The number of aryl methyl sites for hydroxylation is 1. The second kappa shape index (κ2) is 4.28. The van der Waals surface area contributed by atoms with E-state index in [9.17, 15) is 4.79 Å². The molecule has 6 nitrogen and oxygen atoms in total. The van der Waals surface area contributed by atoms with E-state index in [0.717, 1.165) is 0 Å². The Balaban J connectivity index is 2.17. The lowest BCUT2D eigenvalue weighted by Crippen LogP contribution is -2.13. The van der Waals surface area contributed by atoms with E-state index in [2.05, 4.69) is 20.4 Å². The number of carbonyl (C=O) groups is 1. The van der Waals surface area contributed by atoms with Crippen LogP contribution < -0.4 is 5.32 Å². The first-order chi connectivity index (χ1) is 7.66. The van der Waals surface area contributed by atoms with Gasteiger partial charge in [-0.2, -0.15) is 0 Å². The summed E-state index contributed by atoms with van der Waals surface area (Å²) in [5.74, 6) is 0.414. The highest BCUT2D eigenvalue weighted by Gasteiger charge is 2.13. The van der Waals surface area contributed by atoms with Gasteiger partial charge < -0.3 is 9.84 Å². The lowest BCUT2D eigenvalue weighted by molar-refractivity contribution is 0.102. The lowest BCUT2D eigenvalue weighted by atomic mass is 10.2. The SMILES string of the molecule is Cc1oncc1C(=O)Nc1ccnc(Cl)n1. The highest BCUT2D eigenvalue weighted by molar-refractivity contribution is 6.28. The van der Waals surface area contributed by atoms with Crippen molar-refractivity contribution >= 4 is 23.3 Å². The van der Waals surface area contributed by atoms with Crippen molar-refractivity contribution in [3.63, 3.8) is 0 Å². The van der Waals surface area contributed by atoms with E-state index in [1.165, 1.54) is 18.5 Å². The maximum Gasteiger partial charge on any atom is 0.262 e. The van der Waals surface area contributed by atoms with Crippen molar-refractivity contribution in [3.8, 4) is 0 Å². The number of amides is 1. The van der Waals surface area contributed by atoms with Crippen molar-refractivity contribution < 1.29 is 9.32 Å². The molecular formula is C9H7ClN4O2. The molecule has 0 bridgehead atoms. The molecule has 0 aromatic carbocycles. The molecule has 1 N–H and O–H groups in total. The van der Waals surface area contributed by atoms with Gasteiger partial charge in [-0.05, 0) is 24.6 Å². The second-order valence-electron chi connectivity index (χ2n) is 2.96. The van der Waals surface area contributed by atoms with Gasteiger partial charge in [0.2, 0.25) is 5.28 Å². The largest absolute Gasteiger partial charge is 0.361 e. The number of rotatable bonds is 2. The molecule has 2 rings (SSSR count). The summed E-state index contributed by atoms with van der Waals surface area (Å²) in [7, 11) is 0. The highest BCUT2D eigenvalue weighted by atomic mass is 35.5. The summed E-state index contributed by atoms with van der Waals surface area (Å²) in [5.41, 5.74) is 0.356. The Morgan fingerprint density at radius 2 is 2.38 bits per heavy atom. The van der Waals surface area contributed by atoms with Crippen LogP contribution in [0.3, 0.4) is 0 Å². The summed E-state index contributed by atoms with van der Waals surface area (Å²) in [5, 5.41) is 6.13. The number of halogens is 1. The number of anilines is 1. The van der Waals surface area contributed by atoms with E-state index in [4.69, 9.17) is 16.1 Å². The highest BCUT2D eigenvalue weighted by Crippen LogP contribution is 2.10. The molecule has 0 atom stereocenters. The zero-order valence-corrected chi connectivity index (χ0v) is 9.02. The monoisotopic (exact) mass is 238 g/mol. The number of nitrogens with zero attached hydrogens (tertiary/aromatic N) is 3. The zero-order chi connectivity index (χ0) is 11.5. The third-order valence-corrected chi connectivity index (χ3v) is 2.05. The molecule has 0 spiro atoms. The van der Waals surface area contributed by atoms with Crippen molar-refractivity contribution in [1.82, 2.24) is 15.1 Å². The Morgan fingerprint density at radius 3 is 3.00 bits per heavy atom. The van der Waals surface area contributed by atoms with Crippen molar-refractivity contribution in [1.29, 1.82) is 0 Å². The van der Waals surface area contributed by atoms with Crippen LogP contribution >= 0.6 is 11.6 Å². The van der Waals surface area contributed by atoms with E-state index in [1.54, 1.807) is 6.92 Å². The summed E-state index contributed by atoms with van der Waals surface area (Å²) in [6, 6.07) is 1.53. The molecule has 2 heterocycles. The average molecular weight is 239 g/mol. The molecule has 0 aliphatic rings. The third-order valence-electron chi connectivity index (χ3n) is 1.86. The Kier molecular flexibility index (Phi) is 2.82. The molecule has 2 aromatic heterocycles. The summed E-state index contributed by atoms with van der Waals surface area (Å²) in [6.45, 7) is 1.65. The molecular weight excluding hydrogens is 232 g/mol. The van der Waals surface area contributed by atoms with Crippen LogP contribution in [0.15, 0.2) is 23.0 Å². The maximum absolute atomic E-state index is 11.7. The molecule has 82 valence electrons. The van der Waals surface area contributed by atoms with Crippen LogP contribution in [-0.2, 0) is 0 Å². The molecule has 0 fully saturated rings.